The summed E-state index contributed by atoms with van der Waals surface area (Å²) in [5, 5.41) is 12.8. The zero-order valence-corrected chi connectivity index (χ0v) is 14.1. The Morgan fingerprint density at radius 3 is 2.62 bits per heavy atom. The standard InChI is InChI=1S/C21H24N2O/c1-4-13-23(3)20(5-2)14-17-9-11-19(12-10-17)22-16-18-7-6-8-21(24)15-18/h1,5-12,15,20,22,24H,2,13-14,16H2,3H3. The van der Waals surface area contributed by atoms with Crippen LogP contribution in [0.4, 0.5) is 5.69 Å². The van der Waals surface area contributed by atoms with Crippen LogP contribution < -0.4 is 5.32 Å². The molecule has 2 rings (SSSR count). The highest BCUT2D eigenvalue weighted by Gasteiger charge is 2.10. The highest BCUT2D eigenvalue weighted by molar-refractivity contribution is 5.45. The Bertz CT molecular complexity index is 701. The average molecular weight is 320 g/mol. The first-order chi connectivity index (χ1) is 11.6. The fourth-order valence-electron chi connectivity index (χ4n) is 2.55. The Kier molecular flexibility index (Phi) is 6.48. The Balaban J connectivity index is 1.92. The molecule has 0 fully saturated rings. The number of hydrogen-bond donors (Lipinski definition) is 2. The lowest BCUT2D eigenvalue weighted by atomic mass is 10.0. The van der Waals surface area contributed by atoms with E-state index in [1.54, 1.807) is 12.1 Å². The van der Waals surface area contributed by atoms with Crippen molar-refractivity contribution in [1.82, 2.24) is 4.90 Å². The minimum Gasteiger partial charge on any atom is -0.508 e. The minimum atomic E-state index is 0.229. The van der Waals surface area contributed by atoms with E-state index in [2.05, 4.69) is 47.0 Å². The molecule has 1 unspecified atom stereocenters. The van der Waals surface area contributed by atoms with Crippen molar-refractivity contribution in [2.75, 3.05) is 18.9 Å². The zero-order valence-electron chi connectivity index (χ0n) is 14.1. The van der Waals surface area contributed by atoms with E-state index in [4.69, 9.17) is 6.42 Å². The predicted molar refractivity (Wildman–Crippen MR) is 101 cm³/mol. The van der Waals surface area contributed by atoms with E-state index < -0.39 is 0 Å². The first-order valence-electron chi connectivity index (χ1n) is 7.99. The number of phenolic OH excluding ortho intramolecular Hbond substituents is 1. The Labute approximate surface area is 144 Å². The fourth-order valence-corrected chi connectivity index (χ4v) is 2.55. The van der Waals surface area contributed by atoms with Crippen LogP contribution in [0.25, 0.3) is 0 Å². The molecule has 124 valence electrons. The lowest BCUT2D eigenvalue weighted by Crippen LogP contribution is -2.32. The molecule has 3 heteroatoms. The predicted octanol–water partition coefficient (Wildman–Crippen LogP) is 3.67. The molecule has 0 saturated heterocycles. The number of aromatic hydroxyl groups is 1. The Hall–Kier alpha value is -2.70. The quantitative estimate of drug-likeness (QED) is 0.575. The summed E-state index contributed by atoms with van der Waals surface area (Å²) in [5.41, 5.74) is 3.34. The van der Waals surface area contributed by atoms with Crippen molar-refractivity contribution in [3.05, 3.63) is 72.3 Å². The molecule has 2 aromatic carbocycles. The number of hydrogen-bond acceptors (Lipinski definition) is 3. The van der Waals surface area contributed by atoms with Gasteiger partial charge in [-0.15, -0.1) is 13.0 Å². The molecule has 0 radical (unpaired) electrons. The molecule has 0 spiro atoms. The van der Waals surface area contributed by atoms with Crippen LogP contribution in [0.5, 0.6) is 5.75 Å². The summed E-state index contributed by atoms with van der Waals surface area (Å²) in [6, 6.07) is 15.9. The van der Waals surface area contributed by atoms with Gasteiger partial charge in [-0.3, -0.25) is 4.90 Å². The van der Waals surface area contributed by atoms with Crippen molar-refractivity contribution >= 4 is 5.69 Å². The van der Waals surface area contributed by atoms with Crippen LogP contribution >= 0.6 is 0 Å². The molecule has 1 atom stereocenters. The summed E-state index contributed by atoms with van der Waals surface area (Å²) < 4.78 is 0. The molecule has 24 heavy (non-hydrogen) atoms. The molecule has 2 aromatic rings. The smallest absolute Gasteiger partial charge is 0.115 e. The molecule has 0 bridgehead atoms. The van der Waals surface area contributed by atoms with Gasteiger partial charge >= 0.3 is 0 Å². The van der Waals surface area contributed by atoms with Crippen LogP contribution in [0.2, 0.25) is 0 Å². The molecule has 0 heterocycles. The molecule has 0 aromatic heterocycles. The SMILES string of the molecule is C#CCN(C)C(C=C)Cc1ccc(NCc2cccc(O)c2)cc1. The summed E-state index contributed by atoms with van der Waals surface area (Å²) in [4.78, 5) is 2.11. The molecule has 3 nitrogen and oxygen atoms in total. The monoisotopic (exact) mass is 320 g/mol. The second-order valence-corrected chi connectivity index (χ2v) is 5.85. The van der Waals surface area contributed by atoms with Gasteiger partial charge in [-0.25, -0.2) is 0 Å². The van der Waals surface area contributed by atoms with Gasteiger partial charge in [0, 0.05) is 18.3 Å². The number of anilines is 1. The van der Waals surface area contributed by atoms with E-state index in [0.717, 1.165) is 17.7 Å². The largest absolute Gasteiger partial charge is 0.508 e. The van der Waals surface area contributed by atoms with Crippen molar-refractivity contribution < 1.29 is 5.11 Å². The lowest BCUT2D eigenvalue weighted by Gasteiger charge is -2.23. The van der Waals surface area contributed by atoms with Crippen LogP contribution in [-0.4, -0.2) is 29.6 Å². The summed E-state index contributed by atoms with van der Waals surface area (Å²) in [6.07, 6.45) is 8.20. The normalized spacial score (nSPS) is 11.7. The second-order valence-electron chi connectivity index (χ2n) is 5.85. The van der Waals surface area contributed by atoms with Crippen LogP contribution in [-0.2, 0) is 13.0 Å². The van der Waals surface area contributed by atoms with Gasteiger partial charge in [-0.2, -0.15) is 0 Å². The van der Waals surface area contributed by atoms with E-state index in [9.17, 15) is 5.11 Å². The summed E-state index contributed by atoms with van der Waals surface area (Å²) in [6.45, 7) is 5.19. The molecule has 0 saturated carbocycles. The van der Waals surface area contributed by atoms with Crippen molar-refractivity contribution in [1.29, 1.82) is 0 Å². The topological polar surface area (TPSA) is 35.5 Å². The van der Waals surface area contributed by atoms with E-state index in [-0.39, 0.29) is 11.8 Å². The van der Waals surface area contributed by atoms with E-state index in [1.807, 2.05) is 25.3 Å². The maximum Gasteiger partial charge on any atom is 0.115 e. The number of benzene rings is 2. The van der Waals surface area contributed by atoms with Crippen LogP contribution in [0.3, 0.4) is 0 Å². The highest BCUT2D eigenvalue weighted by Crippen LogP contribution is 2.16. The Morgan fingerprint density at radius 2 is 2.00 bits per heavy atom. The molecule has 0 aliphatic carbocycles. The molecule has 0 amide bonds. The average Bonchev–Trinajstić information content (AvgIpc) is 2.59. The number of rotatable bonds is 8. The summed E-state index contributed by atoms with van der Waals surface area (Å²) in [5.74, 6) is 2.95. The first kappa shape index (κ1) is 17.7. The van der Waals surface area contributed by atoms with Gasteiger partial charge in [0.1, 0.15) is 5.75 Å². The van der Waals surface area contributed by atoms with Crippen molar-refractivity contribution in [2.45, 2.75) is 19.0 Å². The maximum atomic E-state index is 9.48. The second kappa shape index (κ2) is 8.81. The molecule has 2 N–H and O–H groups in total. The molecular formula is C21H24N2O. The van der Waals surface area contributed by atoms with E-state index in [1.165, 1.54) is 5.56 Å². The number of nitrogens with one attached hydrogen (secondary N) is 1. The highest BCUT2D eigenvalue weighted by atomic mass is 16.3. The first-order valence-corrected chi connectivity index (χ1v) is 7.99. The van der Waals surface area contributed by atoms with Crippen molar-refractivity contribution in [3.63, 3.8) is 0 Å². The fraction of sp³-hybridized carbons (Fsp3) is 0.238. The van der Waals surface area contributed by atoms with E-state index >= 15 is 0 Å². The maximum absolute atomic E-state index is 9.48. The molecule has 0 aliphatic rings. The van der Waals surface area contributed by atoms with Gasteiger partial charge < -0.3 is 10.4 Å². The third-order valence-corrected chi connectivity index (χ3v) is 3.98. The van der Waals surface area contributed by atoms with Gasteiger partial charge in [-0.1, -0.05) is 36.3 Å². The van der Waals surface area contributed by atoms with Gasteiger partial charge in [0.05, 0.1) is 6.54 Å². The third-order valence-electron chi connectivity index (χ3n) is 3.98. The van der Waals surface area contributed by atoms with Crippen molar-refractivity contribution in [3.8, 4) is 18.1 Å². The van der Waals surface area contributed by atoms with Crippen LogP contribution in [0, 0.1) is 12.3 Å². The van der Waals surface area contributed by atoms with Crippen LogP contribution in [0.1, 0.15) is 11.1 Å². The molecule has 0 aliphatic heterocycles. The van der Waals surface area contributed by atoms with E-state index in [0.29, 0.717) is 13.1 Å². The number of likely N-dealkylation sites (N-methyl/N-ethyl adjacent to an activating group) is 1. The third kappa shape index (κ3) is 5.19. The van der Waals surface area contributed by atoms with Gasteiger partial charge in [0.2, 0.25) is 0 Å². The lowest BCUT2D eigenvalue weighted by molar-refractivity contribution is 0.314. The summed E-state index contributed by atoms with van der Waals surface area (Å²) >= 11 is 0. The molecular weight excluding hydrogens is 296 g/mol. The number of nitrogens with zero attached hydrogens (tertiary/aromatic N) is 1. The summed E-state index contributed by atoms with van der Waals surface area (Å²) in [7, 11) is 2.01. The Morgan fingerprint density at radius 1 is 1.25 bits per heavy atom. The van der Waals surface area contributed by atoms with Gasteiger partial charge in [0.15, 0.2) is 0 Å². The zero-order chi connectivity index (χ0) is 17.4. The van der Waals surface area contributed by atoms with Gasteiger partial charge in [0.25, 0.3) is 0 Å². The number of terminal acetylenes is 1. The minimum absolute atomic E-state index is 0.229. The van der Waals surface area contributed by atoms with Crippen LogP contribution in [0.15, 0.2) is 61.2 Å². The number of phenols is 1. The van der Waals surface area contributed by atoms with Gasteiger partial charge in [-0.05, 0) is 48.9 Å². The van der Waals surface area contributed by atoms with Crippen molar-refractivity contribution in [2.24, 2.45) is 0 Å².